The molecule has 0 aliphatic carbocycles. The van der Waals surface area contributed by atoms with Crippen molar-refractivity contribution in [3.05, 3.63) is 46.6 Å². The van der Waals surface area contributed by atoms with E-state index in [9.17, 15) is 4.79 Å². The van der Waals surface area contributed by atoms with Crippen molar-refractivity contribution < 1.29 is 9.53 Å². The predicted octanol–water partition coefficient (Wildman–Crippen LogP) is 2.21. The minimum Gasteiger partial charge on any atom is -0.372 e. The van der Waals surface area contributed by atoms with E-state index in [1.807, 2.05) is 43.0 Å². The Morgan fingerprint density at radius 2 is 1.89 bits per heavy atom. The summed E-state index contributed by atoms with van der Waals surface area (Å²) in [5, 5.41) is 3.24. The number of hydrogen-bond acceptors (Lipinski definition) is 6. The zero-order valence-corrected chi connectivity index (χ0v) is 15.9. The van der Waals surface area contributed by atoms with Crippen LogP contribution in [0.4, 0.5) is 11.8 Å². The minimum absolute atomic E-state index is 0.0860. The molecule has 27 heavy (non-hydrogen) atoms. The minimum atomic E-state index is 0.0860. The van der Waals surface area contributed by atoms with Gasteiger partial charge in [-0.05, 0) is 37.1 Å². The lowest BCUT2D eigenvalue weighted by Gasteiger charge is -2.35. The maximum Gasteiger partial charge on any atom is 0.253 e. The number of fused-ring (bicyclic) bond motifs is 1. The summed E-state index contributed by atoms with van der Waals surface area (Å²) in [7, 11) is 0. The number of amides is 1. The fraction of sp³-hybridized carbons (Fsp3) is 0.450. The first-order chi connectivity index (χ1) is 13.1. The molecule has 1 amide bonds. The molecule has 0 saturated carbocycles. The Morgan fingerprint density at radius 3 is 2.67 bits per heavy atom. The monoisotopic (exact) mass is 367 g/mol. The van der Waals surface area contributed by atoms with Crippen molar-refractivity contribution in [1.82, 2.24) is 14.9 Å². The molecule has 3 heterocycles. The zero-order chi connectivity index (χ0) is 18.8. The molecule has 1 aromatic heterocycles. The molecule has 0 atom stereocenters. The number of piperazine rings is 1. The van der Waals surface area contributed by atoms with Crippen molar-refractivity contribution in [2.24, 2.45) is 0 Å². The smallest absolute Gasteiger partial charge is 0.253 e. The van der Waals surface area contributed by atoms with E-state index in [-0.39, 0.29) is 5.91 Å². The van der Waals surface area contributed by atoms with Gasteiger partial charge in [0.2, 0.25) is 5.95 Å². The van der Waals surface area contributed by atoms with Gasteiger partial charge in [0, 0.05) is 50.0 Å². The van der Waals surface area contributed by atoms with E-state index in [0.29, 0.717) is 26.3 Å². The fourth-order valence-corrected chi connectivity index (χ4v) is 3.56. The molecular formula is C20H25N5O2. The highest BCUT2D eigenvalue weighted by Crippen LogP contribution is 2.22. The van der Waals surface area contributed by atoms with Gasteiger partial charge in [-0.1, -0.05) is 6.07 Å². The Bertz CT molecular complexity index is 846. The number of anilines is 2. The number of carbonyl (C=O) groups excluding carboxylic acids is 1. The third kappa shape index (κ3) is 3.73. The van der Waals surface area contributed by atoms with E-state index in [0.717, 1.165) is 48.2 Å². The average Bonchev–Trinajstić information content (AvgIpc) is 3.15. The number of carbonyl (C=O) groups is 1. The largest absolute Gasteiger partial charge is 0.372 e. The molecule has 0 spiro atoms. The van der Waals surface area contributed by atoms with Crippen LogP contribution in [0.3, 0.4) is 0 Å². The molecule has 0 bridgehead atoms. The van der Waals surface area contributed by atoms with Crippen molar-refractivity contribution in [1.29, 1.82) is 0 Å². The van der Waals surface area contributed by atoms with Crippen LogP contribution in [0.25, 0.3) is 0 Å². The lowest BCUT2D eigenvalue weighted by Crippen LogP contribution is -2.49. The summed E-state index contributed by atoms with van der Waals surface area (Å²) >= 11 is 0. The van der Waals surface area contributed by atoms with Crippen molar-refractivity contribution in [2.45, 2.75) is 27.1 Å². The van der Waals surface area contributed by atoms with Crippen LogP contribution in [0, 0.1) is 6.92 Å². The summed E-state index contributed by atoms with van der Waals surface area (Å²) in [6, 6.07) is 7.84. The molecule has 4 rings (SSSR count). The summed E-state index contributed by atoms with van der Waals surface area (Å²) < 4.78 is 5.44. The first-order valence-corrected chi connectivity index (χ1v) is 9.47. The predicted molar refractivity (Wildman–Crippen MR) is 104 cm³/mol. The van der Waals surface area contributed by atoms with Gasteiger partial charge in [-0.25, -0.2) is 4.98 Å². The number of nitrogens with one attached hydrogen (secondary N) is 1. The maximum absolute atomic E-state index is 12.9. The van der Waals surface area contributed by atoms with E-state index in [1.165, 1.54) is 5.56 Å². The van der Waals surface area contributed by atoms with Gasteiger partial charge in [-0.3, -0.25) is 4.79 Å². The molecule has 1 fully saturated rings. The fourth-order valence-electron chi connectivity index (χ4n) is 3.56. The van der Waals surface area contributed by atoms with Gasteiger partial charge in [0.25, 0.3) is 5.91 Å². The number of hydrogen-bond donors (Lipinski definition) is 1. The van der Waals surface area contributed by atoms with Gasteiger partial charge in [-0.15, -0.1) is 0 Å². The lowest BCUT2D eigenvalue weighted by atomic mass is 10.1. The molecule has 0 radical (unpaired) electrons. The molecule has 2 aliphatic heterocycles. The number of benzene rings is 1. The van der Waals surface area contributed by atoms with Gasteiger partial charge in [0.15, 0.2) is 0 Å². The second-order valence-corrected chi connectivity index (χ2v) is 6.98. The molecule has 1 N–H and O–H groups in total. The molecule has 7 nitrogen and oxygen atoms in total. The Morgan fingerprint density at radius 1 is 1.11 bits per heavy atom. The van der Waals surface area contributed by atoms with E-state index in [1.54, 1.807) is 0 Å². The Balaban J connectivity index is 1.42. The van der Waals surface area contributed by atoms with Gasteiger partial charge in [0.1, 0.15) is 5.82 Å². The molecule has 142 valence electrons. The van der Waals surface area contributed by atoms with Crippen LogP contribution in [0.5, 0.6) is 0 Å². The molecule has 2 aromatic rings. The number of rotatable bonds is 4. The lowest BCUT2D eigenvalue weighted by molar-refractivity contribution is 0.0746. The molecule has 7 heteroatoms. The van der Waals surface area contributed by atoms with E-state index >= 15 is 0 Å². The van der Waals surface area contributed by atoms with Crippen molar-refractivity contribution >= 4 is 17.7 Å². The highest BCUT2D eigenvalue weighted by molar-refractivity contribution is 5.94. The quantitative estimate of drug-likeness (QED) is 0.893. The Labute approximate surface area is 159 Å². The first-order valence-electron chi connectivity index (χ1n) is 9.47. The van der Waals surface area contributed by atoms with Crippen LogP contribution in [-0.4, -0.2) is 53.5 Å². The van der Waals surface area contributed by atoms with Crippen molar-refractivity contribution in [3.8, 4) is 0 Å². The molecule has 0 unspecified atom stereocenters. The highest BCUT2D eigenvalue weighted by atomic mass is 16.5. The number of nitrogens with zero attached hydrogens (tertiary/aromatic N) is 4. The van der Waals surface area contributed by atoms with Crippen molar-refractivity contribution in [3.63, 3.8) is 0 Å². The van der Waals surface area contributed by atoms with Crippen LogP contribution in [-0.2, 0) is 18.0 Å². The van der Waals surface area contributed by atoms with Crippen LogP contribution >= 0.6 is 0 Å². The zero-order valence-electron chi connectivity index (χ0n) is 15.9. The second-order valence-electron chi connectivity index (χ2n) is 6.98. The average molecular weight is 367 g/mol. The maximum atomic E-state index is 12.9. The SMILES string of the molecule is CCNc1cc(C)nc(N2CCN(C(=O)c3ccc4c(c3)COC4)CC2)n1. The van der Waals surface area contributed by atoms with Gasteiger partial charge in [0.05, 0.1) is 13.2 Å². The first kappa shape index (κ1) is 17.7. The Kier molecular flexibility index (Phi) is 4.94. The molecule has 1 aromatic carbocycles. The molecular weight excluding hydrogens is 342 g/mol. The summed E-state index contributed by atoms with van der Waals surface area (Å²) in [4.78, 5) is 26.1. The normalized spacial score (nSPS) is 16.4. The highest BCUT2D eigenvalue weighted by Gasteiger charge is 2.25. The molecule has 2 aliphatic rings. The van der Waals surface area contributed by atoms with Crippen LogP contribution in [0.1, 0.15) is 34.1 Å². The third-order valence-corrected chi connectivity index (χ3v) is 5.02. The Hall–Kier alpha value is -2.67. The van der Waals surface area contributed by atoms with Crippen LogP contribution in [0.2, 0.25) is 0 Å². The summed E-state index contributed by atoms with van der Waals surface area (Å²) in [5.74, 6) is 1.66. The topological polar surface area (TPSA) is 70.6 Å². The van der Waals surface area contributed by atoms with Gasteiger partial charge < -0.3 is 19.9 Å². The number of aromatic nitrogens is 2. The summed E-state index contributed by atoms with van der Waals surface area (Å²) in [6.07, 6.45) is 0. The summed E-state index contributed by atoms with van der Waals surface area (Å²) in [6.45, 7) is 8.89. The van der Waals surface area contributed by atoms with Crippen LogP contribution in [0.15, 0.2) is 24.3 Å². The van der Waals surface area contributed by atoms with Crippen LogP contribution < -0.4 is 10.2 Å². The number of aryl methyl sites for hydroxylation is 1. The summed E-state index contributed by atoms with van der Waals surface area (Å²) in [5.41, 5.74) is 4.00. The standard InChI is InChI=1S/C20H25N5O2/c1-3-21-18-10-14(2)22-20(23-18)25-8-6-24(7-9-25)19(26)15-4-5-16-12-27-13-17(16)11-15/h4-5,10-11H,3,6-9,12-13H2,1-2H3,(H,21,22,23). The second kappa shape index (κ2) is 7.52. The third-order valence-electron chi connectivity index (χ3n) is 5.02. The van der Waals surface area contributed by atoms with Crippen molar-refractivity contribution in [2.75, 3.05) is 42.9 Å². The van der Waals surface area contributed by atoms with Gasteiger partial charge >= 0.3 is 0 Å². The number of ether oxygens (including phenoxy) is 1. The van der Waals surface area contributed by atoms with E-state index < -0.39 is 0 Å². The van der Waals surface area contributed by atoms with E-state index in [4.69, 9.17) is 4.74 Å². The van der Waals surface area contributed by atoms with E-state index in [2.05, 4.69) is 20.2 Å². The van der Waals surface area contributed by atoms with Gasteiger partial charge in [-0.2, -0.15) is 4.98 Å². The molecule has 1 saturated heterocycles.